The van der Waals surface area contributed by atoms with Gasteiger partial charge in [-0.15, -0.1) is 5.10 Å². The van der Waals surface area contributed by atoms with E-state index in [9.17, 15) is 9.59 Å². The number of carbonyl (C=O) groups is 2. The minimum Gasteiger partial charge on any atom is -0.468 e. The van der Waals surface area contributed by atoms with E-state index in [2.05, 4.69) is 19.9 Å². The number of H-pyrrole nitrogens is 1. The first-order valence-corrected chi connectivity index (χ1v) is 5.89. The third-order valence-corrected chi connectivity index (χ3v) is 2.39. The number of nitrogens with one attached hydrogen (secondary N) is 1. The predicted octanol–water partition coefficient (Wildman–Crippen LogP) is 0.392. The number of nitrogens with zero attached hydrogens (tertiary/aromatic N) is 3. The molecule has 0 aliphatic heterocycles. The van der Waals surface area contributed by atoms with E-state index < -0.39 is 5.97 Å². The summed E-state index contributed by atoms with van der Waals surface area (Å²) in [6.07, 6.45) is 1.42. The predicted molar refractivity (Wildman–Crippen MR) is 64.0 cm³/mol. The van der Waals surface area contributed by atoms with Crippen LogP contribution in [0.1, 0.15) is 36.7 Å². The number of amides is 1. The standard InChI is InChI=1S/C11H18N4O3/c1-4-6-15(7-9(16)18-3)11(17)10-12-8(5-2)13-14-10/h4-7H2,1-3H3,(H,12,13,14). The monoisotopic (exact) mass is 254 g/mol. The van der Waals surface area contributed by atoms with Crippen LogP contribution in [0.25, 0.3) is 0 Å². The molecule has 1 rings (SSSR count). The van der Waals surface area contributed by atoms with Crippen molar-refractivity contribution < 1.29 is 14.3 Å². The van der Waals surface area contributed by atoms with Crippen LogP contribution in [-0.2, 0) is 16.0 Å². The van der Waals surface area contributed by atoms with Gasteiger partial charge in [0.2, 0.25) is 5.82 Å². The molecule has 0 saturated carbocycles. The van der Waals surface area contributed by atoms with Gasteiger partial charge >= 0.3 is 5.97 Å². The molecule has 0 aromatic carbocycles. The Balaban J connectivity index is 2.78. The van der Waals surface area contributed by atoms with E-state index in [1.54, 1.807) is 0 Å². The topological polar surface area (TPSA) is 88.2 Å². The molecule has 18 heavy (non-hydrogen) atoms. The second kappa shape index (κ2) is 6.73. The minimum absolute atomic E-state index is 0.0842. The quantitative estimate of drug-likeness (QED) is 0.742. The van der Waals surface area contributed by atoms with Crippen LogP contribution < -0.4 is 0 Å². The number of aromatic nitrogens is 3. The molecule has 1 amide bonds. The zero-order valence-electron chi connectivity index (χ0n) is 10.9. The van der Waals surface area contributed by atoms with Crippen molar-refractivity contribution in [3.63, 3.8) is 0 Å². The average Bonchev–Trinajstić information content (AvgIpc) is 2.85. The second-order valence-corrected chi connectivity index (χ2v) is 3.76. The van der Waals surface area contributed by atoms with E-state index in [0.29, 0.717) is 18.8 Å². The summed E-state index contributed by atoms with van der Waals surface area (Å²) in [6, 6.07) is 0. The summed E-state index contributed by atoms with van der Waals surface area (Å²) in [6.45, 7) is 4.21. The Morgan fingerprint density at radius 2 is 2.11 bits per heavy atom. The number of aryl methyl sites for hydroxylation is 1. The Kier molecular flexibility index (Phi) is 5.29. The Morgan fingerprint density at radius 1 is 1.39 bits per heavy atom. The van der Waals surface area contributed by atoms with Gasteiger partial charge in [0, 0.05) is 13.0 Å². The van der Waals surface area contributed by atoms with E-state index in [1.165, 1.54) is 12.0 Å². The van der Waals surface area contributed by atoms with Crippen molar-refractivity contribution in [2.45, 2.75) is 26.7 Å². The Bertz CT molecular complexity index is 416. The van der Waals surface area contributed by atoms with Crippen LogP contribution in [0.4, 0.5) is 0 Å². The van der Waals surface area contributed by atoms with Crippen molar-refractivity contribution in [1.29, 1.82) is 0 Å². The highest BCUT2D eigenvalue weighted by atomic mass is 16.5. The Morgan fingerprint density at radius 3 is 2.61 bits per heavy atom. The lowest BCUT2D eigenvalue weighted by Gasteiger charge is -2.18. The van der Waals surface area contributed by atoms with Crippen LogP contribution in [0.5, 0.6) is 0 Å². The molecule has 1 heterocycles. The molecule has 0 spiro atoms. The highest BCUT2D eigenvalue weighted by Crippen LogP contribution is 2.02. The first kappa shape index (κ1) is 14.1. The number of carbonyl (C=O) groups excluding carboxylic acids is 2. The van der Waals surface area contributed by atoms with E-state index in [-0.39, 0.29) is 18.3 Å². The van der Waals surface area contributed by atoms with E-state index in [0.717, 1.165) is 6.42 Å². The lowest BCUT2D eigenvalue weighted by Crippen LogP contribution is -2.37. The fourth-order valence-electron chi connectivity index (χ4n) is 1.43. The number of hydrogen-bond donors (Lipinski definition) is 1. The molecule has 0 fully saturated rings. The number of rotatable bonds is 6. The number of ether oxygens (including phenoxy) is 1. The van der Waals surface area contributed by atoms with Gasteiger partial charge < -0.3 is 9.64 Å². The summed E-state index contributed by atoms with van der Waals surface area (Å²) in [5.41, 5.74) is 0. The molecule has 1 N–H and O–H groups in total. The normalized spacial score (nSPS) is 10.2. The van der Waals surface area contributed by atoms with Crippen LogP contribution in [0.2, 0.25) is 0 Å². The van der Waals surface area contributed by atoms with Gasteiger partial charge in [0.15, 0.2) is 0 Å². The van der Waals surface area contributed by atoms with Gasteiger partial charge in [-0.05, 0) is 6.42 Å². The van der Waals surface area contributed by atoms with Crippen molar-refractivity contribution >= 4 is 11.9 Å². The first-order chi connectivity index (χ1) is 8.62. The number of esters is 1. The third-order valence-electron chi connectivity index (χ3n) is 2.39. The molecule has 0 bridgehead atoms. The molecule has 0 radical (unpaired) electrons. The summed E-state index contributed by atoms with van der Waals surface area (Å²) in [5, 5.41) is 6.52. The Labute approximate surface area is 106 Å². The smallest absolute Gasteiger partial charge is 0.325 e. The lowest BCUT2D eigenvalue weighted by atomic mass is 10.3. The van der Waals surface area contributed by atoms with Crippen LogP contribution in [-0.4, -0.2) is 52.2 Å². The molecule has 7 nitrogen and oxygen atoms in total. The summed E-state index contributed by atoms with van der Waals surface area (Å²) in [4.78, 5) is 28.8. The second-order valence-electron chi connectivity index (χ2n) is 3.76. The molecular formula is C11H18N4O3. The Hall–Kier alpha value is -1.92. The number of hydrogen-bond acceptors (Lipinski definition) is 5. The van der Waals surface area contributed by atoms with Crippen LogP contribution in [0.3, 0.4) is 0 Å². The third kappa shape index (κ3) is 3.54. The zero-order valence-corrected chi connectivity index (χ0v) is 10.9. The molecule has 1 aromatic heterocycles. The molecule has 1 aromatic rings. The van der Waals surface area contributed by atoms with Crippen molar-refractivity contribution in [2.24, 2.45) is 0 Å². The van der Waals surface area contributed by atoms with Crippen molar-refractivity contribution in [2.75, 3.05) is 20.2 Å². The van der Waals surface area contributed by atoms with Crippen LogP contribution in [0.15, 0.2) is 0 Å². The maximum absolute atomic E-state index is 12.1. The number of aromatic amines is 1. The van der Waals surface area contributed by atoms with Gasteiger partial charge in [0.1, 0.15) is 12.4 Å². The lowest BCUT2D eigenvalue weighted by molar-refractivity contribution is -0.141. The van der Waals surface area contributed by atoms with Crippen LogP contribution >= 0.6 is 0 Å². The molecule has 7 heteroatoms. The highest BCUT2D eigenvalue weighted by molar-refractivity contribution is 5.92. The van der Waals surface area contributed by atoms with E-state index >= 15 is 0 Å². The van der Waals surface area contributed by atoms with Crippen LogP contribution in [0, 0.1) is 0 Å². The van der Waals surface area contributed by atoms with Gasteiger partial charge in [0.05, 0.1) is 7.11 Å². The number of methoxy groups -OCH3 is 1. The van der Waals surface area contributed by atoms with Crippen molar-refractivity contribution in [3.8, 4) is 0 Å². The molecule has 0 aliphatic rings. The van der Waals surface area contributed by atoms with Gasteiger partial charge in [0.25, 0.3) is 5.91 Å². The van der Waals surface area contributed by atoms with Gasteiger partial charge in [-0.3, -0.25) is 14.7 Å². The molecule has 0 unspecified atom stereocenters. The van der Waals surface area contributed by atoms with E-state index in [4.69, 9.17) is 0 Å². The largest absolute Gasteiger partial charge is 0.468 e. The highest BCUT2D eigenvalue weighted by Gasteiger charge is 2.21. The van der Waals surface area contributed by atoms with Gasteiger partial charge in [-0.2, -0.15) is 0 Å². The first-order valence-electron chi connectivity index (χ1n) is 5.89. The molecular weight excluding hydrogens is 236 g/mol. The maximum Gasteiger partial charge on any atom is 0.325 e. The molecule has 0 aliphatic carbocycles. The summed E-state index contributed by atoms with van der Waals surface area (Å²) in [7, 11) is 1.29. The summed E-state index contributed by atoms with van der Waals surface area (Å²) < 4.78 is 4.56. The molecule has 0 saturated heterocycles. The average molecular weight is 254 g/mol. The summed E-state index contributed by atoms with van der Waals surface area (Å²) >= 11 is 0. The summed E-state index contributed by atoms with van der Waals surface area (Å²) in [5.74, 6) is -0.0849. The zero-order chi connectivity index (χ0) is 13.5. The van der Waals surface area contributed by atoms with Gasteiger partial charge in [-0.25, -0.2) is 4.98 Å². The fourth-order valence-corrected chi connectivity index (χ4v) is 1.43. The van der Waals surface area contributed by atoms with Crippen molar-refractivity contribution in [1.82, 2.24) is 20.1 Å². The van der Waals surface area contributed by atoms with Crippen molar-refractivity contribution in [3.05, 3.63) is 11.6 Å². The van der Waals surface area contributed by atoms with Gasteiger partial charge in [-0.1, -0.05) is 13.8 Å². The fraction of sp³-hybridized carbons (Fsp3) is 0.636. The van der Waals surface area contributed by atoms with E-state index in [1.807, 2.05) is 13.8 Å². The minimum atomic E-state index is -0.456. The molecule has 100 valence electrons. The maximum atomic E-state index is 12.1. The SMILES string of the molecule is CCCN(CC(=O)OC)C(=O)c1n[nH]c(CC)n1. The molecule has 0 atom stereocenters.